The molecule has 1 saturated carbocycles. The number of hydrogen-bond acceptors (Lipinski definition) is 2. The largest absolute Gasteiger partial charge is 0.352 e. The van der Waals surface area contributed by atoms with Crippen LogP contribution in [0.5, 0.6) is 0 Å². The number of rotatable bonds is 4. The van der Waals surface area contributed by atoms with Crippen molar-refractivity contribution in [1.29, 1.82) is 5.26 Å². The maximum Gasteiger partial charge on any atom is 0.240 e. The number of hydrogen-bond donors (Lipinski definition) is 1. The van der Waals surface area contributed by atoms with Gasteiger partial charge < -0.3 is 5.32 Å². The molecule has 0 aromatic heterocycles. The predicted octanol–water partition coefficient (Wildman–Crippen LogP) is 3.40. The van der Waals surface area contributed by atoms with Crippen LogP contribution in [0.3, 0.4) is 0 Å². The lowest BCUT2D eigenvalue weighted by molar-refractivity contribution is -0.129. The molecule has 3 nitrogen and oxygen atoms in total. The number of nitrogens with one attached hydrogen (secondary N) is 1. The number of nitriles is 1. The van der Waals surface area contributed by atoms with E-state index in [2.05, 4.69) is 18.3 Å². The van der Waals surface area contributed by atoms with E-state index in [-0.39, 0.29) is 11.9 Å². The van der Waals surface area contributed by atoms with Gasteiger partial charge in [-0.2, -0.15) is 5.26 Å². The zero-order chi connectivity index (χ0) is 13.6. The van der Waals surface area contributed by atoms with Crippen molar-refractivity contribution in [3.05, 3.63) is 0 Å². The van der Waals surface area contributed by atoms with Crippen molar-refractivity contribution >= 4 is 5.91 Å². The number of carbonyl (C=O) groups is 1. The molecular weight excluding hydrogens is 224 g/mol. The van der Waals surface area contributed by atoms with Gasteiger partial charge in [0, 0.05) is 6.04 Å². The molecule has 1 aliphatic rings. The monoisotopic (exact) mass is 250 g/mol. The van der Waals surface area contributed by atoms with Crippen molar-refractivity contribution in [2.45, 2.75) is 71.8 Å². The molecule has 1 fully saturated rings. The van der Waals surface area contributed by atoms with Gasteiger partial charge in [-0.25, -0.2) is 0 Å². The molecule has 2 atom stereocenters. The molecule has 0 spiro atoms. The zero-order valence-corrected chi connectivity index (χ0v) is 12.0. The second kappa shape index (κ2) is 6.78. The van der Waals surface area contributed by atoms with E-state index < -0.39 is 5.41 Å². The Hall–Kier alpha value is -1.04. The fourth-order valence-corrected chi connectivity index (χ4v) is 2.79. The molecule has 18 heavy (non-hydrogen) atoms. The maximum atomic E-state index is 12.4. The first-order valence-electron chi connectivity index (χ1n) is 7.31. The van der Waals surface area contributed by atoms with Crippen molar-refractivity contribution in [2.24, 2.45) is 11.3 Å². The lowest BCUT2D eigenvalue weighted by Gasteiger charge is -2.28. The maximum absolute atomic E-state index is 12.4. The van der Waals surface area contributed by atoms with Gasteiger partial charge in [0.2, 0.25) is 5.91 Å². The minimum absolute atomic E-state index is 0.0613. The molecule has 0 saturated heterocycles. The van der Waals surface area contributed by atoms with Crippen LogP contribution in [-0.4, -0.2) is 11.9 Å². The Morgan fingerprint density at radius 3 is 2.44 bits per heavy atom. The van der Waals surface area contributed by atoms with E-state index in [0.29, 0.717) is 18.8 Å². The second-order valence-corrected chi connectivity index (χ2v) is 5.60. The summed E-state index contributed by atoms with van der Waals surface area (Å²) in [6.45, 7) is 6.05. The summed E-state index contributed by atoms with van der Waals surface area (Å²) in [5.41, 5.74) is -0.827. The molecule has 3 heteroatoms. The van der Waals surface area contributed by atoms with Crippen LogP contribution in [0, 0.1) is 22.7 Å². The van der Waals surface area contributed by atoms with Crippen LogP contribution >= 0.6 is 0 Å². The number of carbonyl (C=O) groups excluding carboxylic acids is 1. The fourth-order valence-electron chi connectivity index (χ4n) is 2.79. The third-order valence-electron chi connectivity index (χ3n) is 4.53. The van der Waals surface area contributed by atoms with Crippen LogP contribution in [0.2, 0.25) is 0 Å². The Balaban J connectivity index is 2.70. The highest BCUT2D eigenvalue weighted by Gasteiger charge is 2.36. The first-order valence-corrected chi connectivity index (χ1v) is 7.31. The van der Waals surface area contributed by atoms with Gasteiger partial charge in [-0.1, -0.05) is 40.0 Å². The molecule has 2 unspecified atom stereocenters. The van der Waals surface area contributed by atoms with E-state index in [1.807, 2.05) is 13.8 Å². The Morgan fingerprint density at radius 1 is 1.28 bits per heavy atom. The van der Waals surface area contributed by atoms with Crippen LogP contribution in [0.15, 0.2) is 0 Å². The molecule has 0 radical (unpaired) electrons. The molecule has 0 aromatic carbocycles. The smallest absolute Gasteiger partial charge is 0.240 e. The third kappa shape index (κ3) is 3.25. The molecule has 1 N–H and O–H groups in total. The topological polar surface area (TPSA) is 52.9 Å². The average Bonchev–Trinajstić information content (AvgIpc) is 2.58. The quantitative estimate of drug-likeness (QED) is 0.777. The molecule has 0 aliphatic heterocycles. The van der Waals surface area contributed by atoms with Crippen molar-refractivity contribution in [1.82, 2.24) is 5.32 Å². The summed E-state index contributed by atoms with van der Waals surface area (Å²) >= 11 is 0. The Bertz CT molecular complexity index is 315. The van der Waals surface area contributed by atoms with Crippen LogP contribution in [0.1, 0.15) is 65.7 Å². The lowest BCUT2D eigenvalue weighted by Crippen LogP contribution is -2.46. The summed E-state index contributed by atoms with van der Waals surface area (Å²) in [6, 6.07) is 2.48. The van der Waals surface area contributed by atoms with Crippen LogP contribution in [0.25, 0.3) is 0 Å². The SMILES string of the molecule is CCC(C#N)(CC)C(=O)NC1CCCCCC1C. The normalized spacial score (nSPS) is 25.0. The highest BCUT2D eigenvalue weighted by molar-refractivity contribution is 5.85. The standard InChI is InChI=1S/C15H26N2O/c1-4-15(5-2,11-16)14(18)17-13-10-8-6-7-9-12(13)3/h12-13H,4-10H2,1-3H3,(H,17,18). The van der Waals surface area contributed by atoms with Crippen LogP contribution in [-0.2, 0) is 4.79 Å². The first kappa shape index (κ1) is 15.0. The Labute approximate surface area is 111 Å². The highest BCUT2D eigenvalue weighted by Crippen LogP contribution is 2.28. The van der Waals surface area contributed by atoms with E-state index in [1.54, 1.807) is 0 Å². The van der Waals surface area contributed by atoms with Crippen LogP contribution in [0.4, 0.5) is 0 Å². The van der Waals surface area contributed by atoms with E-state index in [1.165, 1.54) is 25.7 Å². The minimum Gasteiger partial charge on any atom is -0.352 e. The molecule has 0 heterocycles. The average molecular weight is 250 g/mol. The van der Waals surface area contributed by atoms with Gasteiger partial charge in [0.1, 0.15) is 5.41 Å². The Kier molecular flexibility index (Phi) is 5.65. The Morgan fingerprint density at radius 2 is 1.89 bits per heavy atom. The van der Waals surface area contributed by atoms with E-state index in [9.17, 15) is 10.1 Å². The lowest BCUT2D eigenvalue weighted by atomic mass is 9.82. The molecule has 0 aromatic rings. The van der Waals surface area contributed by atoms with Crippen molar-refractivity contribution < 1.29 is 4.79 Å². The fraction of sp³-hybridized carbons (Fsp3) is 0.867. The van der Waals surface area contributed by atoms with Gasteiger partial charge in [0.25, 0.3) is 0 Å². The van der Waals surface area contributed by atoms with Gasteiger partial charge in [0.15, 0.2) is 0 Å². The first-order chi connectivity index (χ1) is 8.59. The zero-order valence-electron chi connectivity index (χ0n) is 12.0. The van der Waals surface area contributed by atoms with E-state index >= 15 is 0 Å². The number of nitrogens with zero attached hydrogens (tertiary/aromatic N) is 1. The van der Waals surface area contributed by atoms with E-state index in [0.717, 1.165) is 6.42 Å². The van der Waals surface area contributed by atoms with Gasteiger partial charge in [-0.15, -0.1) is 0 Å². The molecule has 1 aliphatic carbocycles. The van der Waals surface area contributed by atoms with Gasteiger partial charge in [0.05, 0.1) is 6.07 Å². The molecular formula is C15H26N2O. The highest BCUT2D eigenvalue weighted by atomic mass is 16.2. The van der Waals surface area contributed by atoms with Crippen LogP contribution < -0.4 is 5.32 Å². The minimum atomic E-state index is -0.827. The molecule has 1 amide bonds. The molecule has 0 bridgehead atoms. The van der Waals surface area contributed by atoms with E-state index in [4.69, 9.17) is 0 Å². The third-order valence-corrected chi connectivity index (χ3v) is 4.53. The van der Waals surface area contributed by atoms with Crippen molar-refractivity contribution in [3.63, 3.8) is 0 Å². The van der Waals surface area contributed by atoms with Gasteiger partial charge in [-0.05, 0) is 31.6 Å². The van der Waals surface area contributed by atoms with Crippen molar-refractivity contribution in [2.75, 3.05) is 0 Å². The summed E-state index contributed by atoms with van der Waals surface area (Å²) in [7, 11) is 0. The van der Waals surface area contributed by atoms with Gasteiger partial charge >= 0.3 is 0 Å². The number of amides is 1. The molecule has 1 rings (SSSR count). The summed E-state index contributed by atoms with van der Waals surface area (Å²) < 4.78 is 0. The predicted molar refractivity (Wildman–Crippen MR) is 72.8 cm³/mol. The summed E-state index contributed by atoms with van der Waals surface area (Å²) in [4.78, 5) is 12.4. The summed E-state index contributed by atoms with van der Waals surface area (Å²) in [5, 5.41) is 12.4. The molecule has 102 valence electrons. The second-order valence-electron chi connectivity index (χ2n) is 5.60. The van der Waals surface area contributed by atoms with Gasteiger partial charge in [-0.3, -0.25) is 4.79 Å². The summed E-state index contributed by atoms with van der Waals surface area (Å²) in [6.07, 6.45) is 7.14. The summed E-state index contributed by atoms with van der Waals surface area (Å²) in [5.74, 6) is 0.468. The van der Waals surface area contributed by atoms with Crippen molar-refractivity contribution in [3.8, 4) is 6.07 Å².